The fraction of sp³-hybridized carbons (Fsp3) is 0.400. The number of fused-ring (bicyclic) bond motifs is 1. The Labute approximate surface area is 157 Å². The second kappa shape index (κ2) is 6.98. The average Bonchev–Trinajstić information content (AvgIpc) is 2.68. The average molecular weight is 366 g/mol. The van der Waals surface area contributed by atoms with Crippen LogP contribution < -0.4 is 10.6 Å². The van der Waals surface area contributed by atoms with Crippen molar-refractivity contribution in [2.45, 2.75) is 31.6 Å². The molecule has 7 heteroatoms. The molecule has 0 bridgehead atoms. The number of aromatic hydroxyl groups is 1. The highest BCUT2D eigenvalue weighted by Gasteiger charge is 2.31. The largest absolute Gasteiger partial charge is 0.508 e. The van der Waals surface area contributed by atoms with E-state index in [4.69, 9.17) is 5.73 Å². The van der Waals surface area contributed by atoms with Gasteiger partial charge in [-0.2, -0.15) is 0 Å². The van der Waals surface area contributed by atoms with E-state index in [1.54, 1.807) is 18.3 Å². The van der Waals surface area contributed by atoms with Crippen molar-refractivity contribution < 1.29 is 14.7 Å². The van der Waals surface area contributed by atoms with Crippen LogP contribution in [0.4, 0.5) is 5.95 Å². The number of phenols is 1. The molecule has 1 aliphatic heterocycles. The normalized spacial score (nSPS) is 20.4. The molecule has 7 nitrogen and oxygen atoms in total. The summed E-state index contributed by atoms with van der Waals surface area (Å²) >= 11 is 0. The SMILES string of the molecule is NC(=O)C1CCN(c2ncc3c(n2)CC(c2ccccc2O)CC3=O)CC1. The highest BCUT2D eigenvalue weighted by molar-refractivity contribution is 5.98. The summed E-state index contributed by atoms with van der Waals surface area (Å²) in [5.74, 6) is 0.366. The van der Waals surface area contributed by atoms with E-state index in [-0.39, 0.29) is 29.3 Å². The first-order valence-electron chi connectivity index (χ1n) is 9.24. The Kier molecular flexibility index (Phi) is 4.51. The lowest BCUT2D eigenvalue weighted by atomic mass is 9.82. The molecule has 0 spiro atoms. The first kappa shape index (κ1) is 17.5. The topological polar surface area (TPSA) is 109 Å². The van der Waals surface area contributed by atoms with Crippen molar-refractivity contribution in [1.82, 2.24) is 9.97 Å². The van der Waals surface area contributed by atoms with E-state index in [0.29, 0.717) is 50.3 Å². The van der Waals surface area contributed by atoms with E-state index in [2.05, 4.69) is 9.97 Å². The van der Waals surface area contributed by atoms with E-state index < -0.39 is 0 Å². The molecule has 1 aliphatic carbocycles. The second-order valence-corrected chi connectivity index (χ2v) is 7.28. The maximum Gasteiger partial charge on any atom is 0.225 e. The van der Waals surface area contributed by atoms with Crippen LogP contribution in [-0.4, -0.2) is 39.9 Å². The number of aromatic nitrogens is 2. The van der Waals surface area contributed by atoms with Crippen LogP contribution in [-0.2, 0) is 11.2 Å². The first-order valence-corrected chi connectivity index (χ1v) is 9.24. The van der Waals surface area contributed by atoms with Crippen LogP contribution in [0.1, 0.15) is 46.8 Å². The summed E-state index contributed by atoms with van der Waals surface area (Å²) < 4.78 is 0. The molecular formula is C20H22N4O3. The molecule has 1 fully saturated rings. The van der Waals surface area contributed by atoms with E-state index in [0.717, 1.165) is 11.3 Å². The maximum absolute atomic E-state index is 12.6. The minimum absolute atomic E-state index is 0.00323. The number of primary amides is 1. The Balaban J connectivity index is 1.57. The highest BCUT2D eigenvalue weighted by Crippen LogP contribution is 2.36. The molecule has 140 valence electrons. The van der Waals surface area contributed by atoms with Gasteiger partial charge in [-0.25, -0.2) is 9.97 Å². The van der Waals surface area contributed by atoms with E-state index >= 15 is 0 Å². The minimum Gasteiger partial charge on any atom is -0.508 e. The number of phenolic OH excluding ortho intramolecular Hbond substituents is 1. The summed E-state index contributed by atoms with van der Waals surface area (Å²) in [6.07, 6.45) is 3.93. The van der Waals surface area contributed by atoms with Gasteiger partial charge in [0, 0.05) is 37.5 Å². The number of piperidine rings is 1. The Bertz CT molecular complexity index is 891. The van der Waals surface area contributed by atoms with Crippen molar-refractivity contribution in [3.63, 3.8) is 0 Å². The predicted octanol–water partition coefficient (Wildman–Crippen LogP) is 1.80. The van der Waals surface area contributed by atoms with Crippen LogP contribution in [0.15, 0.2) is 30.5 Å². The van der Waals surface area contributed by atoms with Gasteiger partial charge in [-0.3, -0.25) is 9.59 Å². The number of carbonyl (C=O) groups excluding carboxylic acids is 2. The van der Waals surface area contributed by atoms with Gasteiger partial charge in [0.05, 0.1) is 11.3 Å². The van der Waals surface area contributed by atoms with Gasteiger partial charge in [0.25, 0.3) is 0 Å². The van der Waals surface area contributed by atoms with E-state index in [1.165, 1.54) is 0 Å². The molecule has 0 saturated carbocycles. The zero-order valence-electron chi connectivity index (χ0n) is 15.0. The third-order valence-corrected chi connectivity index (χ3v) is 5.58. The minimum atomic E-state index is -0.253. The number of rotatable bonds is 3. The van der Waals surface area contributed by atoms with Crippen molar-refractivity contribution in [3.05, 3.63) is 47.3 Å². The lowest BCUT2D eigenvalue weighted by molar-refractivity contribution is -0.122. The van der Waals surface area contributed by atoms with Crippen LogP contribution >= 0.6 is 0 Å². The smallest absolute Gasteiger partial charge is 0.225 e. The number of nitrogens with zero attached hydrogens (tertiary/aromatic N) is 3. The number of anilines is 1. The van der Waals surface area contributed by atoms with Crippen LogP contribution in [0.25, 0.3) is 0 Å². The monoisotopic (exact) mass is 366 g/mol. The first-order chi connectivity index (χ1) is 13.0. The molecule has 4 rings (SSSR count). The molecule has 0 radical (unpaired) electrons. The number of para-hydroxylation sites is 1. The number of hydrogen-bond donors (Lipinski definition) is 2. The molecule has 1 aromatic heterocycles. The summed E-state index contributed by atoms with van der Waals surface area (Å²) in [5.41, 5.74) is 7.46. The number of benzene rings is 1. The zero-order chi connectivity index (χ0) is 19.0. The van der Waals surface area contributed by atoms with Crippen molar-refractivity contribution in [2.24, 2.45) is 11.7 Å². The summed E-state index contributed by atoms with van der Waals surface area (Å²) in [6, 6.07) is 7.13. The molecule has 2 aliphatic rings. The Morgan fingerprint density at radius 2 is 1.93 bits per heavy atom. The number of ketones is 1. The molecule has 1 atom stereocenters. The number of hydrogen-bond acceptors (Lipinski definition) is 6. The van der Waals surface area contributed by atoms with Gasteiger partial charge in [-0.1, -0.05) is 18.2 Å². The third-order valence-electron chi connectivity index (χ3n) is 5.58. The number of nitrogens with two attached hydrogens (primary N) is 1. The van der Waals surface area contributed by atoms with Crippen LogP contribution in [0.3, 0.4) is 0 Å². The van der Waals surface area contributed by atoms with Gasteiger partial charge < -0.3 is 15.7 Å². The van der Waals surface area contributed by atoms with Crippen molar-refractivity contribution in [3.8, 4) is 5.75 Å². The third kappa shape index (κ3) is 3.37. The Morgan fingerprint density at radius 1 is 1.19 bits per heavy atom. The molecule has 2 aromatic rings. The van der Waals surface area contributed by atoms with Gasteiger partial charge in [0.15, 0.2) is 5.78 Å². The number of carbonyl (C=O) groups is 2. The van der Waals surface area contributed by atoms with Gasteiger partial charge in [0.2, 0.25) is 11.9 Å². The summed E-state index contributed by atoms with van der Waals surface area (Å²) in [7, 11) is 0. The maximum atomic E-state index is 12.6. The van der Waals surface area contributed by atoms with Crippen molar-refractivity contribution in [2.75, 3.05) is 18.0 Å². The van der Waals surface area contributed by atoms with E-state index in [1.807, 2.05) is 17.0 Å². The molecule has 1 saturated heterocycles. The molecular weight excluding hydrogens is 344 g/mol. The summed E-state index contributed by atoms with van der Waals surface area (Å²) in [4.78, 5) is 35.0. The zero-order valence-corrected chi connectivity index (χ0v) is 15.0. The highest BCUT2D eigenvalue weighted by atomic mass is 16.3. The summed E-state index contributed by atoms with van der Waals surface area (Å²) in [5, 5.41) is 10.1. The van der Waals surface area contributed by atoms with Gasteiger partial charge in [0.1, 0.15) is 5.75 Å². The predicted molar refractivity (Wildman–Crippen MR) is 99.7 cm³/mol. The van der Waals surface area contributed by atoms with Crippen LogP contribution in [0.2, 0.25) is 0 Å². The Hall–Kier alpha value is -2.96. The Morgan fingerprint density at radius 3 is 2.63 bits per heavy atom. The molecule has 27 heavy (non-hydrogen) atoms. The van der Waals surface area contributed by atoms with Gasteiger partial charge in [-0.05, 0) is 30.9 Å². The lowest BCUT2D eigenvalue weighted by Crippen LogP contribution is -2.39. The van der Waals surface area contributed by atoms with Crippen molar-refractivity contribution >= 4 is 17.6 Å². The molecule has 1 aromatic carbocycles. The van der Waals surface area contributed by atoms with E-state index in [9.17, 15) is 14.7 Å². The van der Waals surface area contributed by atoms with Crippen molar-refractivity contribution in [1.29, 1.82) is 0 Å². The van der Waals surface area contributed by atoms with Gasteiger partial charge in [-0.15, -0.1) is 0 Å². The standard InChI is InChI=1S/C20H22N4O3/c21-19(27)12-5-7-24(8-6-12)20-22-11-15-16(23-20)9-13(10-18(15)26)14-3-1-2-4-17(14)25/h1-4,11-13,25H,5-10H2,(H2,21,27). The van der Waals surface area contributed by atoms with Gasteiger partial charge >= 0.3 is 0 Å². The summed E-state index contributed by atoms with van der Waals surface area (Å²) in [6.45, 7) is 1.34. The molecule has 3 N–H and O–H groups in total. The van der Waals surface area contributed by atoms with Crippen LogP contribution in [0, 0.1) is 5.92 Å². The fourth-order valence-corrected chi connectivity index (χ4v) is 4.00. The fourth-order valence-electron chi connectivity index (χ4n) is 4.00. The lowest BCUT2D eigenvalue weighted by Gasteiger charge is -2.31. The molecule has 1 amide bonds. The molecule has 2 heterocycles. The quantitative estimate of drug-likeness (QED) is 0.857. The number of Topliss-reactive ketones (excluding diaryl/α,β-unsaturated/α-hetero) is 1. The number of amides is 1. The molecule has 1 unspecified atom stereocenters. The second-order valence-electron chi connectivity index (χ2n) is 7.28. The van der Waals surface area contributed by atoms with Crippen LogP contribution in [0.5, 0.6) is 5.75 Å².